The highest BCUT2D eigenvalue weighted by molar-refractivity contribution is 9.26. The van der Waals surface area contributed by atoms with E-state index in [2.05, 4.69) is 29.1 Å². The minimum absolute atomic E-state index is 0.268. The first-order valence-electron chi connectivity index (χ1n) is 5.89. The highest BCUT2D eigenvalue weighted by atomic mass is 79.9. The van der Waals surface area contributed by atoms with Crippen molar-refractivity contribution in [1.82, 2.24) is 0 Å². The summed E-state index contributed by atoms with van der Waals surface area (Å²) in [7, 11) is -0.268. The largest absolute Gasteiger partial charge is 0.127 e. The zero-order valence-corrected chi connectivity index (χ0v) is 12.9. The number of hydrogen-bond donors (Lipinski definition) is 0. The molecule has 0 bridgehead atoms. The van der Waals surface area contributed by atoms with Crippen molar-refractivity contribution in [2.45, 2.75) is 63.0 Å². The fourth-order valence-electron chi connectivity index (χ4n) is 2.76. The van der Waals surface area contributed by atoms with Crippen molar-refractivity contribution in [1.29, 1.82) is 0 Å². The molecule has 0 aromatic heterocycles. The van der Waals surface area contributed by atoms with E-state index in [-0.39, 0.29) is 8.80 Å². The lowest BCUT2D eigenvalue weighted by Gasteiger charge is -2.33. The summed E-state index contributed by atoms with van der Waals surface area (Å²) in [6.07, 6.45) is 4.42. The van der Waals surface area contributed by atoms with Crippen LogP contribution >= 0.6 is 15.3 Å². The van der Waals surface area contributed by atoms with Crippen molar-refractivity contribution >= 4 is 30.8 Å². The highest BCUT2D eigenvalue weighted by Gasteiger charge is 2.35. The molecule has 0 aliphatic carbocycles. The SMILES string of the molecule is CCC[SiH]1CCC[Si](Br)(CCC)C1. The highest BCUT2D eigenvalue weighted by Crippen LogP contribution is 2.38. The number of hydrogen-bond acceptors (Lipinski definition) is 0. The van der Waals surface area contributed by atoms with E-state index < -0.39 is 6.69 Å². The standard InChI is InChI=1S/C10H23BrSi2/c1-3-6-12-7-5-9-13(11,10-12)8-4-2/h12H,3-10H2,1-2H3. The van der Waals surface area contributed by atoms with E-state index in [1.54, 1.807) is 36.3 Å². The summed E-state index contributed by atoms with van der Waals surface area (Å²) in [5.74, 6) is 0. The average molecular weight is 279 g/mol. The molecule has 0 spiro atoms. The first kappa shape index (κ1) is 12.0. The summed E-state index contributed by atoms with van der Waals surface area (Å²) in [4.78, 5) is 0. The monoisotopic (exact) mass is 278 g/mol. The van der Waals surface area contributed by atoms with E-state index in [9.17, 15) is 0 Å². The van der Waals surface area contributed by atoms with E-state index in [4.69, 9.17) is 0 Å². The topological polar surface area (TPSA) is 0 Å². The van der Waals surface area contributed by atoms with Crippen LogP contribution in [0.3, 0.4) is 0 Å². The summed E-state index contributed by atoms with van der Waals surface area (Å²) in [6.45, 7) is 3.85. The Morgan fingerprint density at radius 3 is 2.69 bits per heavy atom. The van der Waals surface area contributed by atoms with Crippen LogP contribution in [0.5, 0.6) is 0 Å². The molecule has 2 atom stereocenters. The van der Waals surface area contributed by atoms with Gasteiger partial charge in [-0.25, -0.2) is 0 Å². The Balaban J connectivity index is 2.39. The smallest absolute Gasteiger partial charge is 0.126 e. The first-order valence-corrected chi connectivity index (χ1v) is 13.2. The van der Waals surface area contributed by atoms with Gasteiger partial charge >= 0.3 is 0 Å². The van der Waals surface area contributed by atoms with E-state index in [0.717, 1.165) is 0 Å². The molecule has 1 aliphatic rings. The molecule has 0 saturated carbocycles. The van der Waals surface area contributed by atoms with E-state index in [1.165, 1.54) is 12.8 Å². The quantitative estimate of drug-likeness (QED) is 0.531. The van der Waals surface area contributed by atoms with Gasteiger partial charge in [-0.2, -0.15) is 0 Å². The molecule has 0 amide bonds. The van der Waals surface area contributed by atoms with Crippen molar-refractivity contribution in [3.63, 3.8) is 0 Å². The second-order valence-electron chi connectivity index (χ2n) is 4.65. The predicted molar refractivity (Wildman–Crippen MR) is 71.1 cm³/mol. The van der Waals surface area contributed by atoms with Gasteiger partial charge in [0.2, 0.25) is 0 Å². The molecule has 1 saturated heterocycles. The second kappa shape index (κ2) is 5.71. The Bertz CT molecular complexity index is 146. The average Bonchev–Trinajstić information content (AvgIpc) is 2.04. The summed E-state index contributed by atoms with van der Waals surface area (Å²) in [5, 5.41) is 0. The van der Waals surface area contributed by atoms with Gasteiger partial charge in [-0.15, -0.1) is 15.3 Å². The Labute approximate surface area is 93.7 Å². The molecule has 1 heterocycles. The maximum atomic E-state index is 4.14. The van der Waals surface area contributed by atoms with Gasteiger partial charge < -0.3 is 0 Å². The zero-order valence-electron chi connectivity index (χ0n) is 9.11. The Kier molecular flexibility index (Phi) is 5.27. The maximum absolute atomic E-state index is 4.14. The molecule has 0 aromatic carbocycles. The van der Waals surface area contributed by atoms with Gasteiger partial charge in [-0.3, -0.25) is 0 Å². The van der Waals surface area contributed by atoms with Gasteiger partial charge in [0, 0.05) is 8.80 Å². The molecule has 0 N–H and O–H groups in total. The van der Waals surface area contributed by atoms with Gasteiger partial charge in [0.25, 0.3) is 0 Å². The fourth-order valence-corrected chi connectivity index (χ4v) is 20.6. The fraction of sp³-hybridized carbons (Fsp3) is 1.00. The molecule has 1 fully saturated rings. The van der Waals surface area contributed by atoms with Crippen molar-refractivity contribution in [3.05, 3.63) is 0 Å². The van der Waals surface area contributed by atoms with Crippen molar-refractivity contribution in [3.8, 4) is 0 Å². The van der Waals surface area contributed by atoms with Gasteiger partial charge in [0.1, 0.15) is 6.69 Å². The third-order valence-corrected chi connectivity index (χ3v) is 19.1. The third kappa shape index (κ3) is 3.88. The summed E-state index contributed by atoms with van der Waals surface area (Å²) in [5.41, 5.74) is 1.70. The molecular weight excluding hydrogens is 256 g/mol. The lowest BCUT2D eigenvalue weighted by Crippen LogP contribution is -2.37. The molecule has 2 unspecified atom stereocenters. The van der Waals surface area contributed by atoms with Crippen molar-refractivity contribution < 1.29 is 0 Å². The minimum Gasteiger partial charge on any atom is -0.126 e. The molecule has 0 nitrogen and oxygen atoms in total. The molecule has 3 heteroatoms. The van der Waals surface area contributed by atoms with Crippen molar-refractivity contribution in [2.75, 3.05) is 0 Å². The number of rotatable bonds is 4. The van der Waals surface area contributed by atoms with Crippen LogP contribution in [0.4, 0.5) is 0 Å². The number of halogens is 1. The van der Waals surface area contributed by atoms with Crippen LogP contribution in [-0.4, -0.2) is 15.5 Å². The molecule has 0 radical (unpaired) electrons. The maximum Gasteiger partial charge on any atom is 0.127 e. The third-order valence-electron chi connectivity index (χ3n) is 3.29. The van der Waals surface area contributed by atoms with Crippen LogP contribution in [0.2, 0.25) is 29.8 Å². The van der Waals surface area contributed by atoms with Crippen molar-refractivity contribution in [2.24, 2.45) is 0 Å². The van der Waals surface area contributed by atoms with Crippen LogP contribution in [0.1, 0.15) is 33.1 Å². The van der Waals surface area contributed by atoms with E-state index >= 15 is 0 Å². The van der Waals surface area contributed by atoms with Crippen LogP contribution in [0.25, 0.3) is 0 Å². The van der Waals surface area contributed by atoms with Gasteiger partial charge in [0.15, 0.2) is 0 Å². The Morgan fingerprint density at radius 1 is 1.31 bits per heavy atom. The summed E-state index contributed by atoms with van der Waals surface area (Å²) in [6, 6.07) is 6.39. The lowest BCUT2D eigenvalue weighted by atomic mass is 10.5. The van der Waals surface area contributed by atoms with Crippen LogP contribution in [0, 0.1) is 0 Å². The molecule has 0 aromatic rings. The molecule has 1 aliphatic heterocycles. The van der Waals surface area contributed by atoms with Gasteiger partial charge in [-0.1, -0.05) is 50.9 Å². The normalized spacial score (nSPS) is 34.8. The zero-order chi connectivity index (χ0) is 9.73. The molecular formula is C10H23BrSi2. The first-order chi connectivity index (χ1) is 6.20. The molecule has 13 heavy (non-hydrogen) atoms. The Hall–Kier alpha value is 0.914. The molecule has 1 rings (SSSR count). The lowest BCUT2D eigenvalue weighted by molar-refractivity contribution is 0.941. The Morgan fingerprint density at radius 2 is 2.08 bits per heavy atom. The molecule has 78 valence electrons. The predicted octanol–water partition coefficient (Wildman–Crippen LogP) is 4.32. The summed E-state index contributed by atoms with van der Waals surface area (Å²) < 4.78 is 0. The minimum atomic E-state index is -0.863. The summed E-state index contributed by atoms with van der Waals surface area (Å²) >= 11 is 4.14. The van der Waals surface area contributed by atoms with E-state index in [0.29, 0.717) is 0 Å². The van der Waals surface area contributed by atoms with Gasteiger partial charge in [0.05, 0.1) is 0 Å². The van der Waals surface area contributed by atoms with Gasteiger partial charge in [-0.05, 0) is 12.1 Å². The van der Waals surface area contributed by atoms with E-state index in [1.807, 2.05) is 0 Å². The van der Waals surface area contributed by atoms with Crippen LogP contribution in [-0.2, 0) is 0 Å². The van der Waals surface area contributed by atoms with Crippen LogP contribution in [0.15, 0.2) is 0 Å². The second-order valence-corrected chi connectivity index (χ2v) is 17.5. The van der Waals surface area contributed by atoms with Crippen LogP contribution < -0.4 is 0 Å².